The van der Waals surface area contributed by atoms with Crippen LogP contribution in [0.1, 0.15) is 13.8 Å². The Morgan fingerprint density at radius 3 is 2.76 bits per heavy atom. The van der Waals surface area contributed by atoms with Gasteiger partial charge in [0.15, 0.2) is 0 Å². The molecule has 3 aliphatic heterocycles. The first-order valence-electron chi connectivity index (χ1n) is 5.20. The molecule has 3 heterocycles. The number of nitrogens with two attached hydrogens (primary N) is 1. The lowest BCUT2D eigenvalue weighted by molar-refractivity contribution is -0.166. The molecule has 8 heteroatoms. The monoisotopic (exact) mass is 260 g/mol. The molecule has 0 aromatic rings. The highest BCUT2D eigenvalue weighted by Gasteiger charge is 2.63. The van der Waals surface area contributed by atoms with Gasteiger partial charge in [-0.25, -0.2) is 4.79 Å². The molecule has 0 aromatic heterocycles. The molecule has 3 atom stereocenters. The minimum atomic E-state index is -0.924. The van der Waals surface area contributed by atoms with Crippen LogP contribution in [0.5, 0.6) is 0 Å². The fourth-order valence-corrected chi connectivity index (χ4v) is 3.81. The van der Waals surface area contributed by atoms with Crippen molar-refractivity contribution >= 4 is 23.6 Å². The zero-order valence-electron chi connectivity index (χ0n) is 9.28. The van der Waals surface area contributed by atoms with Crippen LogP contribution in [-0.4, -0.2) is 45.5 Å². The predicted molar refractivity (Wildman–Crippen MR) is 56.1 cm³/mol. The Morgan fingerprint density at radius 1 is 1.53 bits per heavy atom. The summed E-state index contributed by atoms with van der Waals surface area (Å²) in [5.74, 6) is -0.736. The van der Waals surface area contributed by atoms with Crippen LogP contribution in [0.15, 0.2) is 0 Å². The van der Waals surface area contributed by atoms with Crippen LogP contribution in [0.4, 0.5) is 0 Å². The average molecular weight is 260 g/mol. The van der Waals surface area contributed by atoms with Gasteiger partial charge in [-0.2, -0.15) is 9.78 Å². The van der Waals surface area contributed by atoms with Crippen molar-refractivity contribution in [2.24, 2.45) is 5.73 Å². The van der Waals surface area contributed by atoms with Crippen LogP contribution in [-0.2, 0) is 24.1 Å². The number of nitrogens with zero attached hydrogens (tertiary/aromatic N) is 1. The molecule has 3 rings (SSSR count). The summed E-state index contributed by atoms with van der Waals surface area (Å²) < 4.78 is 4.46. The predicted octanol–water partition coefficient (Wildman–Crippen LogP) is -0.835. The number of carbonyl (C=O) groups excluding carboxylic acids is 2. The van der Waals surface area contributed by atoms with E-state index in [9.17, 15) is 9.59 Å². The van der Waals surface area contributed by atoms with E-state index in [4.69, 9.17) is 10.5 Å². The van der Waals surface area contributed by atoms with Crippen LogP contribution >= 0.6 is 11.8 Å². The van der Waals surface area contributed by atoms with E-state index in [1.165, 1.54) is 16.7 Å². The van der Waals surface area contributed by atoms with Gasteiger partial charge in [-0.1, -0.05) is 0 Å². The van der Waals surface area contributed by atoms with E-state index in [-0.39, 0.29) is 11.3 Å². The molecule has 0 radical (unpaired) electrons. The highest BCUT2D eigenvalue weighted by molar-refractivity contribution is 8.01. The molecule has 0 spiro atoms. The third-order valence-electron chi connectivity index (χ3n) is 3.09. The molecule has 0 unspecified atom stereocenters. The molecule has 0 aliphatic carbocycles. The Labute approximate surface area is 101 Å². The Morgan fingerprint density at radius 2 is 2.18 bits per heavy atom. The number of thioether (sulfide) groups is 1. The van der Waals surface area contributed by atoms with E-state index >= 15 is 0 Å². The van der Waals surface area contributed by atoms with Gasteiger partial charge in [0.1, 0.15) is 17.5 Å². The molecule has 1 amide bonds. The highest BCUT2D eigenvalue weighted by Crippen LogP contribution is 2.50. The zero-order chi connectivity index (χ0) is 12.4. The molecule has 3 fully saturated rings. The van der Waals surface area contributed by atoms with Crippen molar-refractivity contribution in [1.29, 1.82) is 0 Å². The topological polar surface area (TPSA) is 97.7 Å². The van der Waals surface area contributed by atoms with Crippen LogP contribution in [0.3, 0.4) is 0 Å². The Kier molecular flexibility index (Phi) is 2.22. The Bertz CT molecular complexity index is 397. The van der Waals surface area contributed by atoms with E-state index in [0.717, 1.165) is 0 Å². The molecule has 0 bridgehead atoms. The van der Waals surface area contributed by atoms with Gasteiger partial charge in [0.05, 0.1) is 0 Å². The molecule has 0 saturated carbocycles. The molecule has 3 saturated heterocycles. The van der Waals surface area contributed by atoms with Gasteiger partial charge in [0.25, 0.3) is 0 Å². The summed E-state index contributed by atoms with van der Waals surface area (Å²) in [6, 6.07) is -1.16. The van der Waals surface area contributed by atoms with Gasteiger partial charge in [0.2, 0.25) is 5.91 Å². The lowest BCUT2D eigenvalue weighted by Crippen LogP contribution is -2.68. The zero-order valence-corrected chi connectivity index (χ0v) is 10.1. The SMILES string of the molecule is CC1(C)S[C@@H]2[C@H](N)C(=O)N2[C@H]1C(=O)OC1OO1. The second kappa shape index (κ2) is 3.35. The number of hydrogen-bond acceptors (Lipinski definition) is 7. The summed E-state index contributed by atoms with van der Waals surface area (Å²) >= 11 is 1.51. The van der Waals surface area contributed by atoms with Crippen molar-refractivity contribution in [3.8, 4) is 0 Å². The number of β-lactam (4-membered cyclic amide) rings is 1. The average Bonchev–Trinajstić information content (AvgIpc) is 3.01. The second-order valence-electron chi connectivity index (χ2n) is 4.70. The van der Waals surface area contributed by atoms with E-state index in [2.05, 4.69) is 9.78 Å². The second-order valence-corrected chi connectivity index (χ2v) is 6.47. The van der Waals surface area contributed by atoms with Crippen LogP contribution in [0, 0.1) is 0 Å². The van der Waals surface area contributed by atoms with Crippen molar-refractivity contribution in [1.82, 2.24) is 4.90 Å². The number of esters is 1. The molecular formula is C9H12N2O5S. The van der Waals surface area contributed by atoms with Gasteiger partial charge in [-0.15, -0.1) is 11.8 Å². The summed E-state index contributed by atoms with van der Waals surface area (Å²) in [6.07, 6.45) is 0. The minimum Gasteiger partial charge on any atom is -0.405 e. The number of rotatable bonds is 2. The van der Waals surface area contributed by atoms with Crippen LogP contribution in [0.2, 0.25) is 0 Å². The lowest BCUT2D eigenvalue weighted by Gasteiger charge is -2.41. The number of ether oxygens (including phenoxy) is 1. The van der Waals surface area contributed by atoms with Gasteiger partial charge in [0, 0.05) is 4.75 Å². The summed E-state index contributed by atoms with van der Waals surface area (Å²) in [5.41, 5.74) is 5.69. The number of carbonyl (C=O) groups is 2. The minimum absolute atomic E-state index is 0.143. The van der Waals surface area contributed by atoms with Crippen molar-refractivity contribution in [3.63, 3.8) is 0 Å². The quantitative estimate of drug-likeness (QED) is 0.299. The standard InChI is InChI=1S/C9H12N2O5S/c1-9(2)4(7(13)14-8-15-16-8)11-5(12)3(10)6(11)17-9/h3-4,6,8H,10H2,1-2H3/t3-,4+,6-/m1/s1. The Balaban J connectivity index is 1.81. The van der Waals surface area contributed by atoms with Crippen molar-refractivity contribution < 1.29 is 24.1 Å². The largest absolute Gasteiger partial charge is 0.405 e. The van der Waals surface area contributed by atoms with Crippen molar-refractivity contribution in [2.75, 3.05) is 0 Å². The molecular weight excluding hydrogens is 248 g/mol. The first kappa shape index (κ1) is 11.3. The number of hydrogen-bond donors (Lipinski definition) is 1. The summed E-state index contributed by atoms with van der Waals surface area (Å²) in [5, 5.41) is -0.143. The molecule has 0 aromatic carbocycles. The van der Waals surface area contributed by atoms with Gasteiger partial charge < -0.3 is 15.4 Å². The molecule has 17 heavy (non-hydrogen) atoms. The normalized spacial score (nSPS) is 38.6. The Hall–Kier alpha value is -0.830. The van der Waals surface area contributed by atoms with Gasteiger partial charge in [-0.05, 0) is 13.8 Å². The van der Waals surface area contributed by atoms with E-state index < -0.39 is 29.3 Å². The van der Waals surface area contributed by atoms with E-state index in [0.29, 0.717) is 0 Å². The maximum absolute atomic E-state index is 11.9. The summed E-state index contributed by atoms with van der Waals surface area (Å²) in [7, 11) is 0. The first-order chi connectivity index (χ1) is 7.92. The third kappa shape index (κ3) is 1.55. The van der Waals surface area contributed by atoms with Gasteiger partial charge >= 0.3 is 12.4 Å². The fraction of sp³-hybridized carbons (Fsp3) is 0.778. The molecule has 7 nitrogen and oxygen atoms in total. The molecule has 3 aliphatic rings. The van der Waals surface area contributed by atoms with Crippen molar-refractivity contribution in [2.45, 2.75) is 42.5 Å². The molecule has 94 valence electrons. The number of amides is 1. The van der Waals surface area contributed by atoms with Crippen molar-refractivity contribution in [3.05, 3.63) is 0 Å². The van der Waals surface area contributed by atoms with E-state index in [1.54, 1.807) is 0 Å². The molecule has 2 N–H and O–H groups in total. The number of fused-ring (bicyclic) bond motifs is 1. The van der Waals surface area contributed by atoms with E-state index in [1.807, 2.05) is 13.8 Å². The summed E-state index contributed by atoms with van der Waals surface area (Å²) in [6.45, 7) is 2.85. The first-order valence-corrected chi connectivity index (χ1v) is 6.08. The highest BCUT2D eigenvalue weighted by atomic mass is 32.2. The third-order valence-corrected chi connectivity index (χ3v) is 4.69. The smallest absolute Gasteiger partial charge is 0.373 e. The lowest BCUT2D eigenvalue weighted by atomic mass is 9.96. The maximum atomic E-state index is 11.9. The van der Waals surface area contributed by atoms with Gasteiger partial charge in [-0.3, -0.25) is 4.79 Å². The van der Waals surface area contributed by atoms with Crippen LogP contribution in [0.25, 0.3) is 0 Å². The van der Waals surface area contributed by atoms with Crippen LogP contribution < -0.4 is 5.73 Å². The maximum Gasteiger partial charge on any atom is 0.373 e. The summed E-state index contributed by atoms with van der Waals surface area (Å²) in [4.78, 5) is 33.8. The fourth-order valence-electron chi connectivity index (χ4n) is 2.24.